The summed E-state index contributed by atoms with van der Waals surface area (Å²) in [6.07, 6.45) is 0. The van der Waals surface area contributed by atoms with Crippen LogP contribution in [0.2, 0.25) is 0 Å². The molecule has 0 saturated carbocycles. The predicted molar refractivity (Wildman–Crippen MR) is 126 cm³/mol. The molecule has 0 saturated heterocycles. The Labute approximate surface area is 193 Å². The van der Waals surface area contributed by atoms with Gasteiger partial charge >= 0.3 is 5.97 Å². The number of sulfonamides is 1. The topological polar surface area (TPSA) is 102 Å². The Kier molecular flexibility index (Phi) is 7.40. The zero-order chi connectivity index (χ0) is 24.0. The average molecular weight is 468 g/mol. The molecule has 3 aromatic rings. The summed E-state index contributed by atoms with van der Waals surface area (Å²) < 4.78 is 38.4. The highest BCUT2D eigenvalue weighted by Gasteiger charge is 2.20. The van der Waals surface area contributed by atoms with Crippen LogP contribution in [0.3, 0.4) is 0 Å². The van der Waals surface area contributed by atoms with Crippen molar-refractivity contribution >= 4 is 16.0 Å². The fraction of sp³-hybridized carbons (Fsp3) is 0.160. The van der Waals surface area contributed by atoms with Crippen molar-refractivity contribution in [3.05, 3.63) is 89.6 Å². The Morgan fingerprint density at radius 2 is 1.42 bits per heavy atom. The first-order chi connectivity index (χ1) is 15.7. The van der Waals surface area contributed by atoms with Crippen molar-refractivity contribution in [2.45, 2.75) is 25.3 Å². The zero-order valence-corrected chi connectivity index (χ0v) is 19.3. The van der Waals surface area contributed by atoms with Gasteiger partial charge in [-0.25, -0.2) is 13.2 Å². The van der Waals surface area contributed by atoms with Crippen LogP contribution in [0.15, 0.2) is 89.0 Å². The summed E-state index contributed by atoms with van der Waals surface area (Å²) in [5.41, 5.74) is 2.70. The molecular formula is C25H25NO6S. The van der Waals surface area contributed by atoms with Crippen LogP contribution in [0.25, 0.3) is 11.1 Å². The molecule has 33 heavy (non-hydrogen) atoms. The second-order valence-electron chi connectivity index (χ2n) is 7.45. The van der Waals surface area contributed by atoms with Crippen molar-refractivity contribution in [3.8, 4) is 22.6 Å². The maximum Gasteiger partial charge on any atom is 0.352 e. The largest absolute Gasteiger partial charge is 0.493 e. The summed E-state index contributed by atoms with van der Waals surface area (Å²) in [5, 5.41) is 9.20. The molecular weight excluding hydrogens is 442 g/mol. The predicted octanol–water partition coefficient (Wildman–Crippen LogP) is 4.60. The van der Waals surface area contributed by atoms with E-state index >= 15 is 0 Å². The van der Waals surface area contributed by atoms with E-state index in [1.807, 2.05) is 48.5 Å². The lowest BCUT2D eigenvalue weighted by molar-refractivity contribution is -0.132. The lowest BCUT2D eigenvalue weighted by Crippen LogP contribution is -2.28. The van der Waals surface area contributed by atoms with Crippen LogP contribution in [0.1, 0.15) is 19.4 Å². The van der Waals surface area contributed by atoms with E-state index in [1.54, 1.807) is 19.2 Å². The van der Waals surface area contributed by atoms with Crippen molar-refractivity contribution in [2.75, 3.05) is 7.11 Å². The molecule has 0 spiro atoms. The highest BCUT2D eigenvalue weighted by atomic mass is 32.2. The van der Waals surface area contributed by atoms with Gasteiger partial charge in [-0.1, -0.05) is 48.5 Å². The van der Waals surface area contributed by atoms with Crippen LogP contribution < -0.4 is 14.2 Å². The summed E-state index contributed by atoms with van der Waals surface area (Å²) >= 11 is 0. The summed E-state index contributed by atoms with van der Waals surface area (Å²) in [4.78, 5) is 11.3. The highest BCUT2D eigenvalue weighted by molar-refractivity contribution is 7.89. The number of para-hydroxylation sites is 2. The van der Waals surface area contributed by atoms with Gasteiger partial charge < -0.3 is 14.6 Å². The molecule has 0 unspecified atom stereocenters. The Bertz CT molecular complexity index is 1260. The molecule has 0 aromatic heterocycles. The number of benzene rings is 3. The molecule has 0 fully saturated rings. The van der Waals surface area contributed by atoms with Crippen molar-refractivity contribution in [1.29, 1.82) is 0 Å². The van der Waals surface area contributed by atoms with Crippen LogP contribution in [0, 0.1) is 0 Å². The minimum atomic E-state index is -4.01. The van der Waals surface area contributed by atoms with Gasteiger partial charge in [-0.05, 0) is 60.4 Å². The molecule has 0 radical (unpaired) electrons. The van der Waals surface area contributed by atoms with E-state index < -0.39 is 16.0 Å². The number of nitrogens with one attached hydrogen (secondary N) is 1. The molecule has 0 aliphatic carbocycles. The summed E-state index contributed by atoms with van der Waals surface area (Å²) in [7, 11) is -2.42. The molecule has 0 bridgehead atoms. The molecule has 0 aliphatic rings. The number of hydrogen-bond acceptors (Lipinski definition) is 5. The Morgan fingerprint density at radius 3 is 1.94 bits per heavy atom. The smallest absolute Gasteiger partial charge is 0.352 e. The second kappa shape index (κ2) is 10.2. The van der Waals surface area contributed by atoms with Crippen molar-refractivity contribution in [1.82, 2.24) is 4.72 Å². The maximum atomic E-state index is 12.5. The molecule has 0 heterocycles. The molecule has 7 nitrogen and oxygen atoms in total. The Hall–Kier alpha value is -3.78. The second-order valence-corrected chi connectivity index (χ2v) is 9.13. The van der Waals surface area contributed by atoms with E-state index in [9.17, 15) is 18.3 Å². The monoisotopic (exact) mass is 467 g/mol. The number of carboxylic acid groups (broad SMARTS) is 1. The standard InChI is InChI=1S/C25H25NO6S/c1-17(2)24(25(27)28)26-33(29,30)21-14-12-20(13-15-21)19-10-8-18(9-11-19)16-32-23-7-5-4-6-22(23)31-3/h4-15,26H,16H2,1-3H3,(H,27,28). The van der Waals surface area contributed by atoms with E-state index in [-0.39, 0.29) is 10.6 Å². The van der Waals surface area contributed by atoms with Crippen molar-refractivity contribution in [3.63, 3.8) is 0 Å². The number of aliphatic carboxylic acids is 1. The molecule has 0 amide bonds. The number of carboxylic acids is 1. The minimum Gasteiger partial charge on any atom is -0.493 e. The van der Waals surface area contributed by atoms with Gasteiger partial charge in [0.1, 0.15) is 12.3 Å². The van der Waals surface area contributed by atoms with E-state index in [2.05, 4.69) is 4.72 Å². The number of ether oxygens (including phenoxy) is 2. The molecule has 0 aliphatic heterocycles. The van der Waals surface area contributed by atoms with Crippen LogP contribution in [0.4, 0.5) is 0 Å². The molecule has 3 rings (SSSR count). The Morgan fingerprint density at radius 1 is 0.879 bits per heavy atom. The maximum absolute atomic E-state index is 12.5. The van der Waals surface area contributed by atoms with Crippen LogP contribution in [-0.2, 0) is 21.4 Å². The first kappa shape index (κ1) is 23.9. The van der Waals surface area contributed by atoms with Crippen LogP contribution in [-0.4, -0.2) is 26.6 Å². The first-order valence-corrected chi connectivity index (χ1v) is 11.6. The quantitative estimate of drug-likeness (QED) is 0.446. The number of allylic oxidation sites excluding steroid dienone is 1. The summed E-state index contributed by atoms with van der Waals surface area (Å²) in [5.74, 6) is -0.00246. The van der Waals surface area contributed by atoms with Gasteiger partial charge in [0.15, 0.2) is 11.5 Å². The number of hydrogen-bond donors (Lipinski definition) is 2. The van der Waals surface area contributed by atoms with Crippen LogP contribution >= 0.6 is 0 Å². The Balaban J connectivity index is 1.71. The third kappa shape index (κ3) is 5.93. The van der Waals surface area contributed by atoms with E-state index in [4.69, 9.17) is 9.47 Å². The van der Waals surface area contributed by atoms with Crippen molar-refractivity contribution in [2.24, 2.45) is 0 Å². The number of rotatable bonds is 9. The van der Waals surface area contributed by atoms with E-state index in [0.717, 1.165) is 16.7 Å². The third-order valence-electron chi connectivity index (χ3n) is 4.87. The summed E-state index contributed by atoms with van der Waals surface area (Å²) in [6.45, 7) is 3.43. The third-order valence-corrected chi connectivity index (χ3v) is 6.23. The van der Waals surface area contributed by atoms with E-state index in [1.165, 1.54) is 26.0 Å². The van der Waals surface area contributed by atoms with Gasteiger partial charge in [0.25, 0.3) is 10.0 Å². The molecule has 2 N–H and O–H groups in total. The fourth-order valence-corrected chi connectivity index (χ4v) is 4.24. The normalized spacial score (nSPS) is 10.9. The lowest BCUT2D eigenvalue weighted by Gasteiger charge is -2.12. The fourth-order valence-electron chi connectivity index (χ4n) is 3.07. The van der Waals surface area contributed by atoms with Crippen LogP contribution in [0.5, 0.6) is 11.5 Å². The van der Waals surface area contributed by atoms with Gasteiger partial charge in [0.2, 0.25) is 0 Å². The summed E-state index contributed by atoms with van der Waals surface area (Å²) in [6, 6.07) is 21.4. The molecule has 3 aromatic carbocycles. The number of carbonyl (C=O) groups is 1. The van der Waals surface area contributed by atoms with E-state index in [0.29, 0.717) is 23.7 Å². The molecule has 0 atom stereocenters. The molecule has 172 valence electrons. The van der Waals surface area contributed by atoms with Crippen molar-refractivity contribution < 1.29 is 27.8 Å². The lowest BCUT2D eigenvalue weighted by atomic mass is 10.0. The van der Waals surface area contributed by atoms with Gasteiger partial charge in [-0.2, -0.15) is 0 Å². The average Bonchev–Trinajstić information content (AvgIpc) is 2.81. The first-order valence-electron chi connectivity index (χ1n) is 10.1. The highest BCUT2D eigenvalue weighted by Crippen LogP contribution is 2.27. The van der Waals surface area contributed by atoms with Gasteiger partial charge in [-0.15, -0.1) is 0 Å². The van der Waals surface area contributed by atoms with Gasteiger partial charge in [-0.3, -0.25) is 4.72 Å². The SMILES string of the molecule is COc1ccccc1OCc1ccc(-c2ccc(S(=O)(=O)NC(C(=O)O)=C(C)C)cc2)cc1. The molecule has 8 heteroatoms. The van der Waals surface area contributed by atoms with Gasteiger partial charge in [0, 0.05) is 0 Å². The van der Waals surface area contributed by atoms with Gasteiger partial charge in [0.05, 0.1) is 12.0 Å². The zero-order valence-electron chi connectivity index (χ0n) is 18.5. The minimum absolute atomic E-state index is 0.0203. The number of methoxy groups -OCH3 is 1.